The van der Waals surface area contributed by atoms with E-state index in [1.54, 1.807) is 0 Å². The van der Waals surface area contributed by atoms with E-state index in [-0.39, 0.29) is 11.7 Å². The molecule has 5 rings (SSSR count). The van der Waals surface area contributed by atoms with E-state index in [2.05, 4.69) is 39.5 Å². The second-order valence-corrected chi connectivity index (χ2v) is 10.6. The second kappa shape index (κ2) is 9.99. The molecule has 1 N–H and O–H groups in total. The molecule has 3 aromatic rings. The van der Waals surface area contributed by atoms with Gasteiger partial charge in [0.25, 0.3) is 0 Å². The van der Waals surface area contributed by atoms with Gasteiger partial charge in [0.05, 0.1) is 16.9 Å². The van der Waals surface area contributed by atoms with E-state index >= 15 is 0 Å². The van der Waals surface area contributed by atoms with E-state index in [0.717, 1.165) is 67.0 Å². The van der Waals surface area contributed by atoms with Crippen molar-refractivity contribution in [1.82, 2.24) is 9.88 Å². The third-order valence-corrected chi connectivity index (χ3v) is 8.35. The number of hydrogen-bond acceptors (Lipinski definition) is 7. The Morgan fingerprint density at radius 3 is 2.82 bits per heavy atom. The number of pyridine rings is 1. The molecule has 2 aromatic heterocycles. The zero-order chi connectivity index (χ0) is 23.5. The molecule has 6 nitrogen and oxygen atoms in total. The molecule has 170 valence electrons. The zero-order valence-electron chi connectivity index (χ0n) is 18.6. The van der Waals surface area contributed by atoms with Gasteiger partial charge in [0, 0.05) is 30.2 Å². The number of nitrogens with zero attached hydrogens (tertiary/aromatic N) is 4. The predicted molar refractivity (Wildman–Crippen MR) is 134 cm³/mol. The van der Waals surface area contributed by atoms with Crippen molar-refractivity contribution in [3.05, 3.63) is 74.8 Å². The summed E-state index contributed by atoms with van der Waals surface area (Å²) in [6.45, 7) is 2.53. The molecule has 2 aliphatic rings. The number of carbonyl (C=O) groups excluding carboxylic acids is 1. The molecule has 3 heterocycles. The van der Waals surface area contributed by atoms with E-state index in [4.69, 9.17) is 0 Å². The van der Waals surface area contributed by atoms with Gasteiger partial charge in [-0.3, -0.25) is 9.69 Å². The summed E-state index contributed by atoms with van der Waals surface area (Å²) in [4.78, 5) is 20.9. The topological polar surface area (TPSA) is 92.8 Å². The van der Waals surface area contributed by atoms with Crippen molar-refractivity contribution in [2.24, 2.45) is 0 Å². The van der Waals surface area contributed by atoms with Crippen LogP contribution in [0.25, 0.3) is 0 Å². The predicted octanol–water partition coefficient (Wildman–Crippen LogP) is 4.66. The van der Waals surface area contributed by atoms with E-state index < -0.39 is 0 Å². The molecule has 0 bridgehead atoms. The van der Waals surface area contributed by atoms with Gasteiger partial charge in [0.15, 0.2) is 0 Å². The lowest BCUT2D eigenvalue weighted by molar-refractivity contribution is -0.113. The smallest absolute Gasteiger partial charge is 0.235 e. The molecular weight excluding hydrogens is 462 g/mol. The van der Waals surface area contributed by atoms with Crippen LogP contribution < -0.4 is 5.32 Å². The summed E-state index contributed by atoms with van der Waals surface area (Å²) < 4.78 is 0. The van der Waals surface area contributed by atoms with E-state index in [9.17, 15) is 15.3 Å². The van der Waals surface area contributed by atoms with Gasteiger partial charge >= 0.3 is 0 Å². The first-order chi connectivity index (χ1) is 16.6. The maximum absolute atomic E-state index is 12.7. The average molecular weight is 486 g/mol. The van der Waals surface area contributed by atoms with Crippen molar-refractivity contribution in [2.45, 2.75) is 43.8 Å². The van der Waals surface area contributed by atoms with Gasteiger partial charge in [-0.25, -0.2) is 4.98 Å². The number of nitriles is 2. The molecule has 34 heavy (non-hydrogen) atoms. The van der Waals surface area contributed by atoms with Crippen molar-refractivity contribution in [3.8, 4) is 12.1 Å². The largest absolute Gasteiger partial charge is 0.316 e. The number of hydrogen-bond donors (Lipinski definition) is 1. The molecule has 1 aliphatic heterocycles. The van der Waals surface area contributed by atoms with Gasteiger partial charge in [-0.1, -0.05) is 42.1 Å². The van der Waals surface area contributed by atoms with E-state index in [0.29, 0.717) is 21.2 Å². The molecule has 0 atom stereocenters. The van der Waals surface area contributed by atoms with Crippen molar-refractivity contribution >= 4 is 34.0 Å². The van der Waals surface area contributed by atoms with Gasteiger partial charge < -0.3 is 5.32 Å². The fourth-order valence-corrected chi connectivity index (χ4v) is 6.61. The second-order valence-electron chi connectivity index (χ2n) is 8.52. The third-order valence-electron chi connectivity index (χ3n) is 6.23. The van der Waals surface area contributed by atoms with Gasteiger partial charge in [-0.05, 0) is 48.4 Å². The van der Waals surface area contributed by atoms with E-state index in [1.807, 2.05) is 24.3 Å². The SMILES string of the molecule is N#Cc1cc2c(nc1SCC(=O)Nc1sc3c(c1C#N)CCN(Cc1ccccc1)C3)CCC2. The summed E-state index contributed by atoms with van der Waals surface area (Å²) in [5, 5.41) is 23.5. The maximum Gasteiger partial charge on any atom is 0.235 e. The Balaban J connectivity index is 1.25. The summed E-state index contributed by atoms with van der Waals surface area (Å²) in [7, 11) is 0. The van der Waals surface area contributed by atoms with Crippen LogP contribution in [-0.4, -0.2) is 28.1 Å². The number of amides is 1. The lowest BCUT2D eigenvalue weighted by atomic mass is 10.0. The molecule has 1 aromatic carbocycles. The van der Waals surface area contributed by atoms with Crippen molar-refractivity contribution in [3.63, 3.8) is 0 Å². The Labute approximate surface area is 207 Å². The Hall–Kier alpha value is -3.17. The monoisotopic (exact) mass is 485 g/mol. The summed E-state index contributed by atoms with van der Waals surface area (Å²) in [5.41, 5.74) is 5.64. The van der Waals surface area contributed by atoms with Gasteiger partial charge in [-0.15, -0.1) is 11.3 Å². The molecule has 0 radical (unpaired) electrons. The van der Waals surface area contributed by atoms with Gasteiger partial charge in [-0.2, -0.15) is 10.5 Å². The number of aryl methyl sites for hydroxylation is 2. The van der Waals surface area contributed by atoms with Crippen LogP contribution in [0.5, 0.6) is 0 Å². The Morgan fingerprint density at radius 2 is 2.03 bits per heavy atom. The molecule has 0 saturated heterocycles. The van der Waals surface area contributed by atoms with Crippen LogP contribution in [0.3, 0.4) is 0 Å². The standard InChI is InChI=1S/C26H23N5OS2/c27-12-19-11-18-7-4-8-22(18)29-25(19)33-16-24(32)30-26-21(13-28)20-9-10-31(15-23(20)34-26)14-17-5-2-1-3-6-17/h1-3,5-6,11H,4,7-10,14-16H2,(H,30,32). The minimum Gasteiger partial charge on any atom is -0.316 e. The number of nitrogens with one attached hydrogen (secondary N) is 1. The zero-order valence-corrected chi connectivity index (χ0v) is 20.3. The molecule has 1 amide bonds. The fourth-order valence-electron chi connectivity index (χ4n) is 4.58. The number of anilines is 1. The number of carbonyl (C=O) groups is 1. The number of benzene rings is 1. The molecule has 0 unspecified atom stereocenters. The van der Waals surface area contributed by atoms with Crippen LogP contribution >= 0.6 is 23.1 Å². The summed E-state index contributed by atoms with van der Waals surface area (Å²) >= 11 is 2.78. The van der Waals surface area contributed by atoms with Crippen molar-refractivity contribution in [1.29, 1.82) is 10.5 Å². The van der Waals surface area contributed by atoms with Crippen LogP contribution in [0, 0.1) is 22.7 Å². The van der Waals surface area contributed by atoms with E-state index in [1.165, 1.54) is 28.7 Å². The Morgan fingerprint density at radius 1 is 1.18 bits per heavy atom. The summed E-state index contributed by atoms with van der Waals surface area (Å²) in [6, 6.07) is 16.8. The number of rotatable bonds is 6. The first-order valence-corrected chi connectivity index (χ1v) is 13.1. The highest BCUT2D eigenvalue weighted by Crippen LogP contribution is 2.37. The number of thioether (sulfide) groups is 1. The third kappa shape index (κ3) is 4.71. The minimum absolute atomic E-state index is 0.147. The van der Waals surface area contributed by atoms with Gasteiger partial charge in [0.2, 0.25) is 5.91 Å². The van der Waals surface area contributed by atoms with Crippen molar-refractivity contribution < 1.29 is 4.79 Å². The summed E-state index contributed by atoms with van der Waals surface area (Å²) in [5.74, 6) is -0.0407. The number of aromatic nitrogens is 1. The normalized spacial score (nSPS) is 14.6. The average Bonchev–Trinajstić information content (AvgIpc) is 3.45. The van der Waals surface area contributed by atoms with Crippen LogP contribution in [0.1, 0.15) is 44.8 Å². The molecule has 0 spiro atoms. The van der Waals surface area contributed by atoms with Crippen molar-refractivity contribution in [2.75, 3.05) is 17.6 Å². The molecular formula is C26H23N5OS2. The first-order valence-electron chi connectivity index (χ1n) is 11.3. The Bertz CT molecular complexity index is 1320. The van der Waals surface area contributed by atoms with Gasteiger partial charge in [0.1, 0.15) is 22.2 Å². The molecule has 1 aliphatic carbocycles. The molecule has 0 saturated carbocycles. The molecule has 8 heteroatoms. The quantitative estimate of drug-likeness (QED) is 0.510. The number of fused-ring (bicyclic) bond motifs is 2. The van der Waals surface area contributed by atoms with Crippen LogP contribution in [0.2, 0.25) is 0 Å². The maximum atomic E-state index is 12.7. The Kier molecular flexibility index (Phi) is 6.64. The molecule has 0 fully saturated rings. The lowest BCUT2D eigenvalue weighted by Crippen LogP contribution is -2.29. The highest BCUT2D eigenvalue weighted by Gasteiger charge is 2.25. The highest BCUT2D eigenvalue weighted by atomic mass is 32.2. The number of thiophene rings is 1. The van der Waals surface area contributed by atoms with Crippen LogP contribution in [0.15, 0.2) is 41.4 Å². The highest BCUT2D eigenvalue weighted by molar-refractivity contribution is 8.00. The van der Waals surface area contributed by atoms with Crippen LogP contribution in [0.4, 0.5) is 5.00 Å². The fraction of sp³-hybridized carbons (Fsp3) is 0.308. The first kappa shape index (κ1) is 22.6. The minimum atomic E-state index is -0.188. The lowest BCUT2D eigenvalue weighted by Gasteiger charge is -2.26. The van der Waals surface area contributed by atoms with Crippen LogP contribution in [-0.2, 0) is 37.1 Å². The summed E-state index contributed by atoms with van der Waals surface area (Å²) in [6.07, 6.45) is 3.75.